The lowest BCUT2D eigenvalue weighted by molar-refractivity contribution is -0.136. The number of carbonyl (C=O) groups is 1. The van der Waals surface area contributed by atoms with Gasteiger partial charge in [0.05, 0.1) is 12.2 Å². The maximum Gasteiger partial charge on any atom is 0.304 e. The lowest BCUT2D eigenvalue weighted by atomic mass is 10.0. The molecule has 5 nitrogen and oxygen atoms in total. The van der Waals surface area contributed by atoms with E-state index in [1.807, 2.05) is 0 Å². The molecule has 0 radical (unpaired) electrons. The number of nitrogens with one attached hydrogen (secondary N) is 1. The number of sulfonamides is 1. The minimum absolute atomic E-state index is 0.0175. The third kappa shape index (κ3) is 19.7. The van der Waals surface area contributed by atoms with E-state index in [0.717, 1.165) is 12.8 Å². The summed E-state index contributed by atoms with van der Waals surface area (Å²) >= 11 is 0. The number of carboxylic acid groups (broad SMARTS) is 1. The van der Waals surface area contributed by atoms with Gasteiger partial charge in [-0.3, -0.25) is 4.79 Å². The highest BCUT2D eigenvalue weighted by Crippen LogP contribution is 2.13. The first-order valence-electron chi connectivity index (χ1n) is 10.7. The summed E-state index contributed by atoms with van der Waals surface area (Å²) in [6.45, 7) is 2.24. The van der Waals surface area contributed by atoms with E-state index in [4.69, 9.17) is 5.11 Å². The molecule has 0 rings (SSSR count). The standard InChI is InChI=1S/C20H41NO4S/c1-2-3-4-5-6-7-8-9-10-11-12-13-14-15-16-19-26(24,25)21-18-17-20(22)23/h21H,2-19H2,1H3,(H,22,23). The molecule has 0 aromatic carbocycles. The normalized spacial score (nSPS) is 11.7. The third-order valence-corrected chi connectivity index (χ3v) is 6.15. The third-order valence-electron chi connectivity index (χ3n) is 4.68. The van der Waals surface area contributed by atoms with Gasteiger partial charge >= 0.3 is 5.97 Å². The Morgan fingerprint density at radius 3 is 1.50 bits per heavy atom. The zero-order valence-electron chi connectivity index (χ0n) is 16.8. The summed E-state index contributed by atoms with van der Waals surface area (Å²) in [4.78, 5) is 10.4. The van der Waals surface area contributed by atoms with Crippen molar-refractivity contribution in [3.63, 3.8) is 0 Å². The first kappa shape index (κ1) is 25.4. The summed E-state index contributed by atoms with van der Waals surface area (Å²) in [6.07, 6.45) is 18.6. The molecular weight excluding hydrogens is 350 g/mol. The first-order chi connectivity index (χ1) is 12.5. The number of hydrogen-bond donors (Lipinski definition) is 2. The molecule has 0 aromatic rings. The molecule has 2 N–H and O–H groups in total. The monoisotopic (exact) mass is 391 g/mol. The molecule has 0 amide bonds. The van der Waals surface area contributed by atoms with Gasteiger partial charge in [-0.25, -0.2) is 13.1 Å². The second-order valence-electron chi connectivity index (χ2n) is 7.31. The fourth-order valence-corrected chi connectivity index (χ4v) is 4.19. The van der Waals surface area contributed by atoms with Crippen LogP contribution >= 0.6 is 0 Å². The van der Waals surface area contributed by atoms with Crippen LogP contribution in [0.1, 0.15) is 110 Å². The summed E-state index contributed by atoms with van der Waals surface area (Å²) in [5.74, 6) is -0.884. The Kier molecular flexibility index (Phi) is 17.4. The van der Waals surface area contributed by atoms with E-state index in [9.17, 15) is 13.2 Å². The predicted molar refractivity (Wildman–Crippen MR) is 109 cm³/mol. The largest absolute Gasteiger partial charge is 0.481 e. The Bertz CT molecular complexity index is 424. The van der Waals surface area contributed by atoms with Gasteiger partial charge in [-0.2, -0.15) is 0 Å². The smallest absolute Gasteiger partial charge is 0.304 e. The second-order valence-corrected chi connectivity index (χ2v) is 9.23. The minimum Gasteiger partial charge on any atom is -0.481 e. The zero-order chi connectivity index (χ0) is 19.5. The molecule has 6 heteroatoms. The van der Waals surface area contributed by atoms with Crippen LogP contribution in [0.5, 0.6) is 0 Å². The summed E-state index contributed by atoms with van der Waals surface area (Å²) in [7, 11) is -3.31. The Balaban J connectivity index is 3.27. The van der Waals surface area contributed by atoms with Crippen LogP contribution in [0.25, 0.3) is 0 Å². The molecule has 156 valence electrons. The fraction of sp³-hybridized carbons (Fsp3) is 0.950. The number of carboxylic acids is 1. The van der Waals surface area contributed by atoms with Gasteiger partial charge in [-0.1, -0.05) is 96.8 Å². The topological polar surface area (TPSA) is 83.5 Å². The van der Waals surface area contributed by atoms with Gasteiger partial charge in [0, 0.05) is 6.54 Å². The highest BCUT2D eigenvalue weighted by Gasteiger charge is 2.09. The molecule has 0 aliphatic rings. The molecule has 0 atom stereocenters. The van der Waals surface area contributed by atoms with Crippen LogP contribution in [0, 0.1) is 0 Å². The fourth-order valence-electron chi connectivity index (χ4n) is 3.05. The average Bonchev–Trinajstić information content (AvgIpc) is 2.57. The van der Waals surface area contributed by atoms with Crippen molar-refractivity contribution in [3.05, 3.63) is 0 Å². The van der Waals surface area contributed by atoms with Crippen LogP contribution in [0.4, 0.5) is 0 Å². The minimum atomic E-state index is -3.31. The molecule has 26 heavy (non-hydrogen) atoms. The number of rotatable bonds is 20. The van der Waals surface area contributed by atoms with Crippen LogP contribution in [0.2, 0.25) is 0 Å². The highest BCUT2D eigenvalue weighted by molar-refractivity contribution is 7.89. The molecule has 0 aromatic heterocycles. The molecule has 0 fully saturated rings. The Morgan fingerprint density at radius 1 is 0.731 bits per heavy atom. The van der Waals surface area contributed by atoms with Gasteiger partial charge < -0.3 is 5.11 Å². The van der Waals surface area contributed by atoms with Crippen LogP contribution in [-0.4, -0.2) is 31.8 Å². The van der Waals surface area contributed by atoms with Crippen molar-refractivity contribution in [1.29, 1.82) is 0 Å². The summed E-state index contributed by atoms with van der Waals surface area (Å²) in [5, 5.41) is 8.49. The van der Waals surface area contributed by atoms with Crippen molar-refractivity contribution in [2.24, 2.45) is 0 Å². The summed E-state index contributed by atoms with van der Waals surface area (Å²) in [6, 6.07) is 0. The van der Waals surface area contributed by atoms with Crippen molar-refractivity contribution in [3.8, 4) is 0 Å². The van der Waals surface area contributed by atoms with Gasteiger partial charge in [-0.05, 0) is 6.42 Å². The van der Waals surface area contributed by atoms with Crippen LogP contribution in [-0.2, 0) is 14.8 Å². The second kappa shape index (κ2) is 17.8. The van der Waals surface area contributed by atoms with Crippen molar-refractivity contribution in [2.45, 2.75) is 110 Å². The molecule has 0 saturated carbocycles. The molecular formula is C20H41NO4S. The number of unbranched alkanes of at least 4 members (excludes halogenated alkanes) is 14. The molecule has 0 aliphatic carbocycles. The van der Waals surface area contributed by atoms with Gasteiger partial charge in [0.15, 0.2) is 0 Å². The van der Waals surface area contributed by atoms with Crippen LogP contribution in [0.3, 0.4) is 0 Å². The van der Waals surface area contributed by atoms with Gasteiger partial charge in [-0.15, -0.1) is 0 Å². The zero-order valence-corrected chi connectivity index (χ0v) is 17.6. The molecule has 0 unspecified atom stereocenters. The van der Waals surface area contributed by atoms with E-state index in [1.165, 1.54) is 77.0 Å². The maximum absolute atomic E-state index is 11.6. The lowest BCUT2D eigenvalue weighted by Crippen LogP contribution is -2.28. The van der Waals surface area contributed by atoms with E-state index in [0.29, 0.717) is 6.42 Å². The highest BCUT2D eigenvalue weighted by atomic mass is 32.2. The average molecular weight is 392 g/mol. The number of aliphatic carboxylic acids is 1. The Labute approximate surface area is 161 Å². The van der Waals surface area contributed by atoms with E-state index < -0.39 is 16.0 Å². The number of hydrogen-bond acceptors (Lipinski definition) is 3. The quantitative estimate of drug-likeness (QED) is 0.278. The SMILES string of the molecule is CCCCCCCCCCCCCCCCCS(=O)(=O)NCCC(=O)O. The molecule has 0 spiro atoms. The van der Waals surface area contributed by atoms with Crippen molar-refractivity contribution in [2.75, 3.05) is 12.3 Å². The first-order valence-corrected chi connectivity index (χ1v) is 12.3. The van der Waals surface area contributed by atoms with Crippen LogP contribution in [0.15, 0.2) is 0 Å². The molecule has 0 heterocycles. The molecule has 0 aliphatic heterocycles. The maximum atomic E-state index is 11.6. The Morgan fingerprint density at radius 2 is 1.12 bits per heavy atom. The Hall–Kier alpha value is -0.620. The van der Waals surface area contributed by atoms with Crippen molar-refractivity contribution >= 4 is 16.0 Å². The van der Waals surface area contributed by atoms with Gasteiger partial charge in [0.25, 0.3) is 0 Å². The van der Waals surface area contributed by atoms with Crippen LogP contribution < -0.4 is 4.72 Å². The van der Waals surface area contributed by atoms with Gasteiger partial charge in [0.1, 0.15) is 0 Å². The lowest BCUT2D eigenvalue weighted by Gasteiger charge is -2.06. The van der Waals surface area contributed by atoms with Crippen molar-refractivity contribution < 1.29 is 18.3 Å². The summed E-state index contributed by atoms with van der Waals surface area (Å²) < 4.78 is 25.6. The predicted octanol–water partition coefficient (Wildman–Crippen LogP) is 5.25. The summed E-state index contributed by atoms with van der Waals surface area (Å²) in [5.41, 5.74) is 0. The van der Waals surface area contributed by atoms with E-state index in [2.05, 4.69) is 11.6 Å². The van der Waals surface area contributed by atoms with E-state index in [1.54, 1.807) is 0 Å². The van der Waals surface area contributed by atoms with E-state index in [-0.39, 0.29) is 18.7 Å². The molecule has 0 bridgehead atoms. The van der Waals surface area contributed by atoms with E-state index >= 15 is 0 Å². The van der Waals surface area contributed by atoms with Crippen molar-refractivity contribution in [1.82, 2.24) is 4.72 Å². The van der Waals surface area contributed by atoms with Gasteiger partial charge in [0.2, 0.25) is 10.0 Å². The molecule has 0 saturated heterocycles.